The zero-order chi connectivity index (χ0) is 19.6. The first-order valence-corrected chi connectivity index (χ1v) is 11.1. The minimum Gasteiger partial charge on any atom is -0.357 e. The van der Waals surface area contributed by atoms with Gasteiger partial charge in [0.1, 0.15) is 0 Å². The first-order chi connectivity index (χ1) is 13.1. The molecule has 1 aliphatic rings. The normalized spacial score (nSPS) is 16.0. The van der Waals surface area contributed by atoms with E-state index in [1.807, 2.05) is 11.1 Å². The molecule has 1 aromatic heterocycles. The molecule has 2 rings (SSSR count). The van der Waals surface area contributed by atoms with Crippen molar-refractivity contribution in [1.82, 2.24) is 20.5 Å². The molecule has 0 aliphatic carbocycles. The minimum absolute atomic E-state index is 0.183. The smallest absolute Gasteiger partial charge is 0.225 e. The number of carbonyl (C=O) groups excluding carboxylic acids is 1. The van der Waals surface area contributed by atoms with E-state index in [1.165, 1.54) is 4.88 Å². The average molecular weight is 394 g/mol. The van der Waals surface area contributed by atoms with Gasteiger partial charge in [-0.05, 0) is 39.5 Å². The van der Waals surface area contributed by atoms with Crippen LogP contribution in [0.3, 0.4) is 0 Å². The number of thiazole rings is 1. The molecule has 0 aromatic carbocycles. The standard InChI is InChI=1S/C20H35N5OS/c1-5-16(6-2)19(26)25-12-9-17(10-13-25)24-20(21-7-3)22-11-8-18-23-14-15(4)27-18/h14,16-17H,5-13H2,1-4H3,(H2,21,22,24). The Morgan fingerprint density at radius 2 is 2.04 bits per heavy atom. The number of piperidine rings is 1. The van der Waals surface area contributed by atoms with Gasteiger partial charge >= 0.3 is 0 Å². The third-order valence-electron chi connectivity index (χ3n) is 5.09. The lowest BCUT2D eigenvalue weighted by atomic mass is 9.98. The topological polar surface area (TPSA) is 69.6 Å². The highest BCUT2D eigenvalue weighted by molar-refractivity contribution is 7.11. The Kier molecular flexibility index (Phi) is 9.04. The van der Waals surface area contributed by atoms with Gasteiger partial charge in [0.15, 0.2) is 5.96 Å². The van der Waals surface area contributed by atoms with Crippen LogP contribution in [0.5, 0.6) is 0 Å². The molecule has 1 amide bonds. The molecule has 1 aromatic rings. The maximum Gasteiger partial charge on any atom is 0.225 e. The van der Waals surface area contributed by atoms with E-state index < -0.39 is 0 Å². The molecule has 1 aliphatic heterocycles. The summed E-state index contributed by atoms with van der Waals surface area (Å²) in [5, 5.41) is 8.02. The van der Waals surface area contributed by atoms with Crippen molar-refractivity contribution in [2.75, 3.05) is 26.2 Å². The number of aryl methyl sites for hydroxylation is 1. The van der Waals surface area contributed by atoms with Crippen molar-refractivity contribution in [2.24, 2.45) is 10.9 Å². The van der Waals surface area contributed by atoms with Gasteiger partial charge in [0.05, 0.1) is 5.01 Å². The van der Waals surface area contributed by atoms with E-state index in [0.717, 1.165) is 69.3 Å². The number of aromatic nitrogens is 1. The predicted octanol–water partition coefficient (Wildman–Crippen LogP) is 2.98. The van der Waals surface area contributed by atoms with Crippen molar-refractivity contribution in [3.05, 3.63) is 16.1 Å². The maximum absolute atomic E-state index is 12.5. The molecule has 0 atom stereocenters. The van der Waals surface area contributed by atoms with Gasteiger partial charge < -0.3 is 15.5 Å². The lowest BCUT2D eigenvalue weighted by Gasteiger charge is -2.34. The van der Waals surface area contributed by atoms with Crippen LogP contribution in [0.15, 0.2) is 11.2 Å². The molecule has 1 saturated heterocycles. The Bertz CT molecular complexity index is 603. The minimum atomic E-state index is 0.183. The van der Waals surface area contributed by atoms with Crippen LogP contribution in [0.25, 0.3) is 0 Å². The molecule has 152 valence electrons. The third-order valence-corrected chi connectivity index (χ3v) is 6.06. The highest BCUT2D eigenvalue weighted by Crippen LogP contribution is 2.17. The van der Waals surface area contributed by atoms with Crippen LogP contribution in [0.4, 0.5) is 0 Å². The molecule has 7 heteroatoms. The van der Waals surface area contributed by atoms with Gasteiger partial charge in [0.2, 0.25) is 5.91 Å². The fraction of sp³-hybridized carbons (Fsp3) is 0.750. The van der Waals surface area contributed by atoms with E-state index in [2.05, 4.69) is 43.3 Å². The van der Waals surface area contributed by atoms with Crippen molar-refractivity contribution >= 4 is 23.2 Å². The summed E-state index contributed by atoms with van der Waals surface area (Å²) >= 11 is 1.74. The van der Waals surface area contributed by atoms with Gasteiger partial charge in [-0.1, -0.05) is 13.8 Å². The van der Waals surface area contributed by atoms with Gasteiger partial charge in [-0.25, -0.2) is 4.98 Å². The van der Waals surface area contributed by atoms with Gasteiger partial charge in [0.25, 0.3) is 0 Å². The monoisotopic (exact) mass is 393 g/mol. The number of aliphatic imine (C=N–C) groups is 1. The molecular formula is C20H35N5OS. The summed E-state index contributed by atoms with van der Waals surface area (Å²) in [4.78, 5) is 24.9. The molecule has 6 nitrogen and oxygen atoms in total. The summed E-state index contributed by atoms with van der Waals surface area (Å²) in [5.74, 6) is 1.39. The van der Waals surface area contributed by atoms with Crippen LogP contribution in [0.1, 0.15) is 56.3 Å². The first kappa shape index (κ1) is 21.7. The highest BCUT2D eigenvalue weighted by Gasteiger charge is 2.26. The molecular weight excluding hydrogens is 358 g/mol. The molecule has 27 heavy (non-hydrogen) atoms. The number of nitrogens with one attached hydrogen (secondary N) is 2. The molecule has 0 radical (unpaired) electrons. The summed E-state index contributed by atoms with van der Waals surface area (Å²) in [5.41, 5.74) is 0. The van der Waals surface area contributed by atoms with Gasteiger partial charge in [-0.3, -0.25) is 9.79 Å². The zero-order valence-electron chi connectivity index (χ0n) is 17.3. The number of hydrogen-bond acceptors (Lipinski definition) is 4. The SMILES string of the molecule is CCNC(=NCCc1ncc(C)s1)NC1CCN(C(=O)C(CC)CC)CC1. The predicted molar refractivity (Wildman–Crippen MR) is 113 cm³/mol. The average Bonchev–Trinajstić information content (AvgIpc) is 3.08. The lowest BCUT2D eigenvalue weighted by molar-refractivity contribution is -0.136. The van der Waals surface area contributed by atoms with E-state index in [-0.39, 0.29) is 5.92 Å². The number of rotatable bonds is 8. The lowest BCUT2D eigenvalue weighted by Crippen LogP contribution is -2.50. The Labute approximate surface area is 167 Å². The molecule has 2 heterocycles. The van der Waals surface area contributed by atoms with Crippen LogP contribution in [0, 0.1) is 12.8 Å². The van der Waals surface area contributed by atoms with Crippen molar-refractivity contribution in [3.8, 4) is 0 Å². The Balaban J connectivity index is 1.81. The second-order valence-corrected chi connectivity index (χ2v) is 8.45. The molecule has 0 spiro atoms. The molecule has 0 saturated carbocycles. The van der Waals surface area contributed by atoms with Gasteiger partial charge in [-0.15, -0.1) is 11.3 Å². The van der Waals surface area contributed by atoms with Gasteiger partial charge in [-0.2, -0.15) is 0 Å². The summed E-state index contributed by atoms with van der Waals surface area (Å²) in [6, 6.07) is 0.371. The Morgan fingerprint density at radius 3 is 2.59 bits per heavy atom. The highest BCUT2D eigenvalue weighted by atomic mass is 32.1. The fourth-order valence-electron chi connectivity index (χ4n) is 3.43. The first-order valence-electron chi connectivity index (χ1n) is 10.3. The summed E-state index contributed by atoms with van der Waals surface area (Å²) in [6.07, 6.45) is 6.61. The largest absolute Gasteiger partial charge is 0.357 e. The molecule has 0 unspecified atom stereocenters. The number of nitrogens with zero attached hydrogens (tertiary/aromatic N) is 3. The van der Waals surface area contributed by atoms with Crippen LogP contribution < -0.4 is 10.6 Å². The van der Waals surface area contributed by atoms with Crippen LogP contribution in [-0.2, 0) is 11.2 Å². The summed E-state index contributed by atoms with van der Waals surface area (Å²) < 4.78 is 0. The van der Waals surface area contributed by atoms with Crippen molar-refractivity contribution < 1.29 is 4.79 Å². The van der Waals surface area contributed by atoms with Crippen LogP contribution in [-0.4, -0.2) is 54.0 Å². The number of likely N-dealkylation sites (tertiary alicyclic amines) is 1. The molecule has 1 fully saturated rings. The summed E-state index contributed by atoms with van der Waals surface area (Å²) in [7, 11) is 0. The van der Waals surface area contributed by atoms with Crippen LogP contribution >= 0.6 is 11.3 Å². The Hall–Kier alpha value is -1.63. The van der Waals surface area contributed by atoms with E-state index in [1.54, 1.807) is 11.3 Å². The number of carbonyl (C=O) groups is 1. The Morgan fingerprint density at radius 1 is 1.33 bits per heavy atom. The van der Waals surface area contributed by atoms with Gasteiger partial charge in [0, 0.05) is 55.6 Å². The second kappa shape index (κ2) is 11.3. The number of guanidine groups is 1. The van der Waals surface area contributed by atoms with E-state index >= 15 is 0 Å². The third kappa shape index (κ3) is 6.79. The number of hydrogen-bond donors (Lipinski definition) is 2. The quantitative estimate of drug-likeness (QED) is 0.526. The maximum atomic E-state index is 12.5. The van der Waals surface area contributed by atoms with E-state index in [9.17, 15) is 4.79 Å². The van der Waals surface area contributed by atoms with E-state index in [0.29, 0.717) is 11.9 Å². The second-order valence-electron chi connectivity index (χ2n) is 7.13. The fourth-order valence-corrected chi connectivity index (χ4v) is 4.21. The zero-order valence-corrected chi connectivity index (χ0v) is 18.1. The molecule has 2 N–H and O–H groups in total. The summed E-state index contributed by atoms with van der Waals surface area (Å²) in [6.45, 7) is 11.6. The van der Waals surface area contributed by atoms with Crippen molar-refractivity contribution in [1.29, 1.82) is 0 Å². The van der Waals surface area contributed by atoms with Crippen LogP contribution in [0.2, 0.25) is 0 Å². The van der Waals surface area contributed by atoms with Crippen molar-refractivity contribution in [3.63, 3.8) is 0 Å². The molecule has 0 bridgehead atoms. The van der Waals surface area contributed by atoms with Crippen molar-refractivity contribution in [2.45, 2.75) is 65.8 Å². The number of amides is 1. The van der Waals surface area contributed by atoms with E-state index in [4.69, 9.17) is 4.99 Å².